The molecule has 25 heavy (non-hydrogen) atoms. The Morgan fingerprint density at radius 2 is 2.24 bits per heavy atom. The lowest BCUT2D eigenvalue weighted by Gasteiger charge is -2.24. The van der Waals surface area contributed by atoms with E-state index in [1.165, 1.54) is 6.42 Å². The predicted octanol–water partition coefficient (Wildman–Crippen LogP) is 2.97. The highest BCUT2D eigenvalue weighted by Gasteiger charge is 2.37. The molecule has 4 rings (SSSR count). The van der Waals surface area contributed by atoms with Gasteiger partial charge in [0.15, 0.2) is 5.82 Å². The Morgan fingerprint density at radius 1 is 1.48 bits per heavy atom. The van der Waals surface area contributed by atoms with Crippen LogP contribution in [-0.4, -0.2) is 31.7 Å². The monoisotopic (exact) mass is 343 g/mol. The highest BCUT2D eigenvalue weighted by atomic mass is 16.3. The van der Waals surface area contributed by atoms with Crippen LogP contribution in [0.4, 0.5) is 4.79 Å². The summed E-state index contributed by atoms with van der Waals surface area (Å²) in [5.41, 5.74) is 0. The molecule has 2 aliphatic rings. The molecular formula is C18H25N5O2. The van der Waals surface area contributed by atoms with Crippen molar-refractivity contribution in [2.75, 3.05) is 0 Å². The number of carbonyl (C=O) groups excluding carboxylic acids is 1. The SMILES string of the molecule is C[C@H](NC(=O)N(Cc1ccc([C@@H]2C[C@H]2C)o1)C1CC1)c1nncn1C. The molecule has 3 atom stereocenters. The molecule has 2 aromatic heterocycles. The largest absolute Gasteiger partial charge is 0.464 e. The maximum absolute atomic E-state index is 12.8. The van der Waals surface area contributed by atoms with Crippen molar-refractivity contribution in [3.05, 3.63) is 35.8 Å². The first kappa shape index (κ1) is 16.2. The van der Waals surface area contributed by atoms with Gasteiger partial charge in [0.2, 0.25) is 0 Å². The van der Waals surface area contributed by atoms with Gasteiger partial charge in [-0.15, -0.1) is 10.2 Å². The Morgan fingerprint density at radius 3 is 2.84 bits per heavy atom. The highest BCUT2D eigenvalue weighted by Crippen LogP contribution is 2.47. The number of hydrogen-bond acceptors (Lipinski definition) is 4. The molecule has 2 fully saturated rings. The zero-order valence-electron chi connectivity index (χ0n) is 15.0. The van der Waals surface area contributed by atoms with Crippen LogP contribution in [0.5, 0.6) is 0 Å². The van der Waals surface area contributed by atoms with E-state index in [0.29, 0.717) is 24.4 Å². The minimum atomic E-state index is -0.194. The van der Waals surface area contributed by atoms with E-state index in [1.54, 1.807) is 6.33 Å². The second-order valence-corrected chi connectivity index (χ2v) is 7.45. The van der Waals surface area contributed by atoms with E-state index in [1.807, 2.05) is 29.5 Å². The third-order valence-corrected chi connectivity index (χ3v) is 5.21. The summed E-state index contributed by atoms with van der Waals surface area (Å²) in [4.78, 5) is 14.6. The molecule has 0 saturated heterocycles. The summed E-state index contributed by atoms with van der Waals surface area (Å²) >= 11 is 0. The molecule has 7 nitrogen and oxygen atoms in total. The zero-order chi connectivity index (χ0) is 17.6. The van der Waals surface area contributed by atoms with Gasteiger partial charge < -0.3 is 19.2 Å². The number of nitrogens with zero attached hydrogens (tertiary/aromatic N) is 4. The maximum atomic E-state index is 12.8. The fourth-order valence-electron chi connectivity index (χ4n) is 3.33. The van der Waals surface area contributed by atoms with Crippen LogP contribution in [0.1, 0.15) is 62.4 Å². The first-order chi connectivity index (χ1) is 12.0. The first-order valence-electron chi connectivity index (χ1n) is 9.02. The van der Waals surface area contributed by atoms with Crippen molar-refractivity contribution in [1.29, 1.82) is 0 Å². The molecule has 0 radical (unpaired) electrons. The number of rotatable bonds is 6. The van der Waals surface area contributed by atoms with Crippen molar-refractivity contribution in [2.45, 2.75) is 57.7 Å². The molecule has 134 valence electrons. The maximum Gasteiger partial charge on any atom is 0.318 e. The van der Waals surface area contributed by atoms with Crippen molar-refractivity contribution in [3.8, 4) is 0 Å². The van der Waals surface area contributed by atoms with Crippen LogP contribution in [0.15, 0.2) is 22.9 Å². The number of amides is 2. The van der Waals surface area contributed by atoms with Gasteiger partial charge in [0, 0.05) is 19.0 Å². The molecule has 0 spiro atoms. The molecule has 0 bridgehead atoms. The summed E-state index contributed by atoms with van der Waals surface area (Å²) in [6.07, 6.45) is 4.95. The molecule has 0 unspecified atom stereocenters. The molecule has 2 amide bonds. The Kier molecular flexibility index (Phi) is 4.01. The number of carbonyl (C=O) groups is 1. The predicted molar refractivity (Wildman–Crippen MR) is 91.7 cm³/mol. The standard InChI is InChI=1S/C18H25N5O2/c1-11-8-15(11)16-7-6-14(25-16)9-23(13-4-5-13)18(24)20-12(2)17-21-19-10-22(17)3/h6-7,10-13,15H,4-5,8-9H2,1-3H3,(H,20,24)/t11-,12+,15-/m1/s1. The van der Waals surface area contributed by atoms with E-state index in [-0.39, 0.29) is 12.1 Å². The van der Waals surface area contributed by atoms with Gasteiger partial charge in [-0.3, -0.25) is 0 Å². The lowest BCUT2D eigenvalue weighted by atomic mass is 10.3. The van der Waals surface area contributed by atoms with Crippen LogP contribution in [-0.2, 0) is 13.6 Å². The van der Waals surface area contributed by atoms with E-state index < -0.39 is 0 Å². The third-order valence-electron chi connectivity index (χ3n) is 5.21. The summed E-state index contributed by atoms with van der Waals surface area (Å²) < 4.78 is 7.81. The molecule has 1 N–H and O–H groups in total. The Balaban J connectivity index is 1.41. The van der Waals surface area contributed by atoms with Gasteiger partial charge in [-0.05, 0) is 44.2 Å². The van der Waals surface area contributed by atoms with E-state index in [9.17, 15) is 4.79 Å². The number of aromatic nitrogens is 3. The van der Waals surface area contributed by atoms with Crippen molar-refractivity contribution in [3.63, 3.8) is 0 Å². The Hall–Kier alpha value is -2.31. The number of urea groups is 1. The van der Waals surface area contributed by atoms with Crippen LogP contribution in [0.3, 0.4) is 0 Å². The lowest BCUT2D eigenvalue weighted by molar-refractivity contribution is 0.182. The van der Waals surface area contributed by atoms with Gasteiger partial charge in [0.25, 0.3) is 0 Å². The quantitative estimate of drug-likeness (QED) is 0.875. The van der Waals surface area contributed by atoms with Gasteiger partial charge >= 0.3 is 6.03 Å². The van der Waals surface area contributed by atoms with Crippen LogP contribution in [0.25, 0.3) is 0 Å². The zero-order valence-corrected chi connectivity index (χ0v) is 15.0. The van der Waals surface area contributed by atoms with Crippen molar-refractivity contribution in [2.24, 2.45) is 13.0 Å². The minimum absolute atomic E-state index is 0.0734. The average Bonchev–Trinajstić information content (AvgIpc) is 3.45. The second kappa shape index (κ2) is 6.20. The van der Waals surface area contributed by atoms with Crippen LogP contribution in [0.2, 0.25) is 0 Å². The minimum Gasteiger partial charge on any atom is -0.464 e. The number of nitrogens with one attached hydrogen (secondary N) is 1. The van der Waals surface area contributed by atoms with E-state index in [2.05, 4.69) is 28.5 Å². The fraction of sp³-hybridized carbons (Fsp3) is 0.611. The molecular weight excluding hydrogens is 318 g/mol. The molecule has 0 aliphatic heterocycles. The van der Waals surface area contributed by atoms with Gasteiger partial charge in [-0.1, -0.05) is 6.92 Å². The van der Waals surface area contributed by atoms with Gasteiger partial charge in [0.05, 0.1) is 12.6 Å². The summed E-state index contributed by atoms with van der Waals surface area (Å²) in [6.45, 7) is 4.68. The van der Waals surface area contributed by atoms with Gasteiger partial charge in [-0.25, -0.2) is 4.79 Å². The Bertz CT molecular complexity index is 763. The molecule has 2 heterocycles. The van der Waals surface area contributed by atoms with Crippen LogP contribution in [0, 0.1) is 5.92 Å². The van der Waals surface area contributed by atoms with E-state index >= 15 is 0 Å². The number of hydrogen-bond donors (Lipinski definition) is 1. The highest BCUT2D eigenvalue weighted by molar-refractivity contribution is 5.75. The van der Waals surface area contributed by atoms with Gasteiger partial charge in [0.1, 0.15) is 17.8 Å². The third kappa shape index (κ3) is 3.41. The van der Waals surface area contributed by atoms with E-state index in [0.717, 1.165) is 30.2 Å². The molecule has 2 aliphatic carbocycles. The Labute approximate surface area is 147 Å². The van der Waals surface area contributed by atoms with Crippen molar-refractivity contribution < 1.29 is 9.21 Å². The molecule has 7 heteroatoms. The molecule has 0 aromatic carbocycles. The number of furan rings is 1. The fourth-order valence-corrected chi connectivity index (χ4v) is 3.33. The lowest BCUT2D eigenvalue weighted by Crippen LogP contribution is -2.42. The summed E-state index contributed by atoms with van der Waals surface area (Å²) in [7, 11) is 1.87. The first-order valence-corrected chi connectivity index (χ1v) is 9.02. The van der Waals surface area contributed by atoms with Crippen molar-refractivity contribution >= 4 is 6.03 Å². The van der Waals surface area contributed by atoms with Crippen molar-refractivity contribution in [1.82, 2.24) is 25.0 Å². The average molecular weight is 343 g/mol. The summed E-state index contributed by atoms with van der Waals surface area (Å²) in [6, 6.07) is 4.11. The second-order valence-electron chi connectivity index (χ2n) is 7.45. The van der Waals surface area contributed by atoms with Crippen LogP contribution < -0.4 is 5.32 Å². The summed E-state index contributed by atoms with van der Waals surface area (Å²) in [5, 5.41) is 11.0. The van der Waals surface area contributed by atoms with Crippen LogP contribution >= 0.6 is 0 Å². The van der Waals surface area contributed by atoms with E-state index in [4.69, 9.17) is 4.42 Å². The summed E-state index contributed by atoms with van der Waals surface area (Å²) in [5.74, 6) is 3.95. The van der Waals surface area contributed by atoms with Gasteiger partial charge in [-0.2, -0.15) is 0 Å². The normalized spacial score (nSPS) is 23.3. The molecule has 2 aromatic rings. The number of aryl methyl sites for hydroxylation is 1. The topological polar surface area (TPSA) is 76.2 Å². The molecule has 2 saturated carbocycles. The smallest absolute Gasteiger partial charge is 0.318 e.